The van der Waals surface area contributed by atoms with Crippen LogP contribution < -0.4 is 15.8 Å². The fourth-order valence-electron chi connectivity index (χ4n) is 4.92. The van der Waals surface area contributed by atoms with E-state index in [1.807, 2.05) is 0 Å². The molecule has 0 spiro atoms. The Morgan fingerprint density at radius 2 is 2.03 bits per heavy atom. The Morgan fingerprint density at radius 3 is 2.74 bits per heavy atom. The summed E-state index contributed by atoms with van der Waals surface area (Å²) in [6.07, 6.45) is 5.58. The van der Waals surface area contributed by atoms with Gasteiger partial charge in [0.2, 0.25) is 0 Å². The average molecular weight is 471 g/mol. The molecule has 2 bridgehead atoms. The second-order valence-electron chi connectivity index (χ2n) is 8.86. The van der Waals surface area contributed by atoms with Crippen molar-refractivity contribution < 1.29 is 18.3 Å². The third kappa shape index (κ3) is 3.91. The molecule has 5 rings (SSSR count). The van der Waals surface area contributed by atoms with Gasteiger partial charge in [-0.05, 0) is 43.0 Å². The number of nitrogens with zero attached hydrogens (tertiary/aromatic N) is 4. The fourth-order valence-corrected chi connectivity index (χ4v) is 4.92. The van der Waals surface area contributed by atoms with Gasteiger partial charge in [0.05, 0.1) is 24.1 Å². The fraction of sp³-hybridized carbons (Fsp3) is 0.375. The highest BCUT2D eigenvalue weighted by atomic mass is 19.1. The molecule has 4 heterocycles. The van der Waals surface area contributed by atoms with E-state index in [2.05, 4.69) is 15.3 Å². The van der Waals surface area contributed by atoms with Crippen molar-refractivity contribution in [3.05, 3.63) is 59.0 Å². The molecule has 1 aromatic carbocycles. The molecule has 7 nitrogen and oxygen atoms in total. The minimum Gasteiger partial charge on any atom is -0.507 e. The first-order chi connectivity index (χ1) is 16.4. The monoisotopic (exact) mass is 471 g/mol. The lowest BCUT2D eigenvalue weighted by atomic mass is 9.96. The Morgan fingerprint density at radius 1 is 1.21 bits per heavy atom. The third-order valence-corrected chi connectivity index (χ3v) is 6.85. The third-order valence-electron chi connectivity index (χ3n) is 6.85. The highest BCUT2D eigenvalue weighted by Gasteiger charge is 2.43. The Hall–Kier alpha value is -3.40. The second kappa shape index (κ2) is 8.75. The van der Waals surface area contributed by atoms with E-state index in [0.717, 1.165) is 29.5 Å². The number of phenols is 1. The van der Waals surface area contributed by atoms with E-state index >= 15 is 0 Å². The zero-order valence-corrected chi connectivity index (χ0v) is 18.5. The molecule has 2 unspecified atom stereocenters. The van der Waals surface area contributed by atoms with Gasteiger partial charge in [0.25, 0.3) is 5.56 Å². The lowest BCUT2D eigenvalue weighted by Gasteiger charge is -2.38. The van der Waals surface area contributed by atoms with E-state index in [4.69, 9.17) is 0 Å². The van der Waals surface area contributed by atoms with Crippen LogP contribution in [0.4, 0.5) is 19.0 Å². The van der Waals surface area contributed by atoms with Crippen molar-refractivity contribution >= 4 is 5.82 Å². The van der Waals surface area contributed by atoms with Crippen LogP contribution >= 0.6 is 0 Å². The number of benzene rings is 1. The van der Waals surface area contributed by atoms with E-state index in [1.165, 1.54) is 30.7 Å². The smallest absolute Gasteiger partial charge is 0.253 e. The first-order valence-corrected chi connectivity index (χ1v) is 11.1. The van der Waals surface area contributed by atoms with Crippen LogP contribution in [0.5, 0.6) is 5.75 Å². The Balaban J connectivity index is 1.39. The number of pyridine rings is 1. The molecule has 178 valence electrons. The van der Waals surface area contributed by atoms with Gasteiger partial charge in [-0.15, -0.1) is 0 Å². The number of phenolic OH excluding ortho intramolecular Hbond substituents is 1. The number of alkyl halides is 2. The molecule has 0 amide bonds. The molecule has 34 heavy (non-hydrogen) atoms. The molecule has 10 heteroatoms. The van der Waals surface area contributed by atoms with Crippen LogP contribution in [0, 0.1) is 5.82 Å². The number of piperidine rings is 1. The summed E-state index contributed by atoms with van der Waals surface area (Å²) in [5.74, 6) is -0.443. The lowest BCUT2D eigenvalue weighted by molar-refractivity contribution is 0.176. The molecule has 2 aliphatic rings. The predicted molar refractivity (Wildman–Crippen MR) is 122 cm³/mol. The number of hydrogen-bond donors (Lipinski definition) is 2. The molecule has 2 aromatic heterocycles. The highest BCUT2D eigenvalue weighted by Crippen LogP contribution is 2.36. The minimum absolute atomic E-state index is 0.00296. The van der Waals surface area contributed by atoms with Crippen molar-refractivity contribution in [2.45, 2.75) is 50.4 Å². The van der Waals surface area contributed by atoms with Gasteiger partial charge in [0.1, 0.15) is 23.6 Å². The number of anilines is 1. The minimum atomic E-state index is -1.01. The van der Waals surface area contributed by atoms with Crippen molar-refractivity contribution in [2.75, 3.05) is 11.9 Å². The number of aromatic hydroxyl groups is 1. The number of aromatic nitrogens is 3. The van der Waals surface area contributed by atoms with Gasteiger partial charge in [-0.25, -0.2) is 18.2 Å². The van der Waals surface area contributed by atoms with Gasteiger partial charge < -0.3 is 15.3 Å². The van der Waals surface area contributed by atoms with Crippen LogP contribution in [0.25, 0.3) is 22.4 Å². The molecule has 2 aliphatic heterocycles. The average Bonchev–Trinajstić information content (AvgIpc) is 3.25. The lowest BCUT2D eigenvalue weighted by Crippen LogP contribution is -2.55. The standard InChI is InChI=1S/C24H24F3N5O2/c1-31(20-7-14-2-3-18(30-14)24(20)27)22-11-28-19(10-29-22)16-8-17(26)15(9-21(16)33)13-4-5-32(12-25)23(34)6-13/h4-6,8-11,14,18,20,24,30,33H,2-3,7,12H2,1H3/t14-,18+,20?,24?/m1/s1. The molecular formula is C24H24F3N5O2. The summed E-state index contributed by atoms with van der Waals surface area (Å²) in [5, 5.41) is 13.8. The number of fused-ring (bicyclic) bond motifs is 2. The summed E-state index contributed by atoms with van der Waals surface area (Å²) < 4.78 is 43.4. The van der Waals surface area contributed by atoms with Crippen molar-refractivity contribution in [3.63, 3.8) is 0 Å². The number of nitrogens with one attached hydrogen (secondary N) is 1. The van der Waals surface area contributed by atoms with E-state index in [-0.39, 0.29) is 40.2 Å². The van der Waals surface area contributed by atoms with E-state index in [9.17, 15) is 23.1 Å². The quantitative estimate of drug-likeness (QED) is 0.594. The molecule has 2 N–H and O–H groups in total. The van der Waals surface area contributed by atoms with Crippen molar-refractivity contribution in [1.29, 1.82) is 0 Å². The van der Waals surface area contributed by atoms with E-state index in [0.29, 0.717) is 18.3 Å². The number of rotatable bonds is 5. The molecule has 3 aromatic rings. The van der Waals surface area contributed by atoms with Crippen LogP contribution in [0.2, 0.25) is 0 Å². The van der Waals surface area contributed by atoms with Crippen LogP contribution in [0.15, 0.2) is 47.7 Å². The summed E-state index contributed by atoms with van der Waals surface area (Å²) in [6.45, 7) is -0.986. The molecule has 0 saturated carbocycles. The second-order valence-corrected chi connectivity index (χ2v) is 8.86. The van der Waals surface area contributed by atoms with Crippen molar-refractivity contribution in [2.24, 2.45) is 0 Å². The molecule has 0 aliphatic carbocycles. The maximum atomic E-state index is 14.9. The molecule has 2 saturated heterocycles. The summed E-state index contributed by atoms with van der Waals surface area (Å²) in [4.78, 5) is 22.4. The zero-order chi connectivity index (χ0) is 24.0. The van der Waals surface area contributed by atoms with Gasteiger partial charge in [0.15, 0.2) is 6.80 Å². The summed E-state index contributed by atoms with van der Waals surface area (Å²) in [6, 6.07) is 4.67. The Labute approximate surface area is 193 Å². The predicted octanol–water partition coefficient (Wildman–Crippen LogP) is 3.41. The van der Waals surface area contributed by atoms with Crippen LogP contribution in [0.1, 0.15) is 19.3 Å². The molecule has 0 radical (unpaired) electrons. The van der Waals surface area contributed by atoms with Crippen molar-refractivity contribution in [1.82, 2.24) is 19.9 Å². The normalized spacial score (nSPS) is 23.8. The highest BCUT2D eigenvalue weighted by molar-refractivity contribution is 5.74. The van der Waals surface area contributed by atoms with Crippen LogP contribution in [0.3, 0.4) is 0 Å². The SMILES string of the molecule is CN(c1cnc(-c2cc(F)c(-c3ccn(CF)c(=O)c3)cc2O)cn1)C1C[C@H]2CC[C@H](N2)C1F. The van der Waals surface area contributed by atoms with E-state index < -0.39 is 24.3 Å². The maximum absolute atomic E-state index is 14.9. The summed E-state index contributed by atoms with van der Waals surface area (Å²) in [7, 11) is 1.79. The summed E-state index contributed by atoms with van der Waals surface area (Å²) >= 11 is 0. The van der Waals surface area contributed by atoms with Crippen molar-refractivity contribution in [3.8, 4) is 28.1 Å². The first-order valence-electron chi connectivity index (χ1n) is 11.1. The Bertz CT molecular complexity index is 1270. The first kappa shape index (κ1) is 22.4. The molecule has 4 atom stereocenters. The number of hydrogen-bond acceptors (Lipinski definition) is 6. The van der Waals surface area contributed by atoms with Gasteiger partial charge in [-0.3, -0.25) is 14.3 Å². The number of halogens is 3. The van der Waals surface area contributed by atoms with Crippen LogP contribution in [-0.2, 0) is 6.80 Å². The van der Waals surface area contributed by atoms with Crippen LogP contribution in [-0.4, -0.2) is 51.0 Å². The largest absolute Gasteiger partial charge is 0.507 e. The zero-order valence-electron chi connectivity index (χ0n) is 18.5. The van der Waals surface area contributed by atoms with Gasteiger partial charge >= 0.3 is 0 Å². The van der Waals surface area contributed by atoms with E-state index in [1.54, 1.807) is 11.9 Å². The molecular weight excluding hydrogens is 447 g/mol. The maximum Gasteiger partial charge on any atom is 0.253 e. The molecule has 2 fully saturated rings. The Kier molecular flexibility index (Phi) is 5.76. The summed E-state index contributed by atoms with van der Waals surface area (Å²) in [5.41, 5.74) is -0.0266. The topological polar surface area (TPSA) is 83.3 Å². The van der Waals surface area contributed by atoms with Gasteiger partial charge in [0, 0.05) is 42.5 Å². The van der Waals surface area contributed by atoms with Gasteiger partial charge in [-0.1, -0.05) is 0 Å². The van der Waals surface area contributed by atoms with Gasteiger partial charge in [-0.2, -0.15) is 0 Å².